The summed E-state index contributed by atoms with van der Waals surface area (Å²) in [7, 11) is -4.08. The van der Waals surface area contributed by atoms with Gasteiger partial charge in [0.25, 0.3) is 15.7 Å². The van der Waals surface area contributed by atoms with Crippen LogP contribution in [0.2, 0.25) is 0 Å². The Hall–Kier alpha value is -3.89. The Labute approximate surface area is 169 Å². The summed E-state index contributed by atoms with van der Waals surface area (Å²) in [6.45, 7) is 2.93. The van der Waals surface area contributed by atoms with Gasteiger partial charge in [0.1, 0.15) is 5.58 Å². The monoisotopic (exact) mass is 429 g/mol. The van der Waals surface area contributed by atoms with E-state index in [0.29, 0.717) is 22.1 Å². The number of anilines is 1. The molecule has 0 saturated carbocycles. The highest BCUT2D eigenvalue weighted by molar-refractivity contribution is 7.92. The summed E-state index contributed by atoms with van der Waals surface area (Å²) in [5, 5.41) is 14.6. The number of nitro benzene ring substituents is 1. The summed E-state index contributed by atoms with van der Waals surface area (Å²) in [5.41, 5.74) is 9.10. The first kappa shape index (κ1) is 20.8. The molecule has 3 rings (SSSR count). The van der Waals surface area contributed by atoms with Crippen LogP contribution in [0.3, 0.4) is 0 Å². The van der Waals surface area contributed by atoms with Gasteiger partial charge in [-0.05, 0) is 54.3 Å². The number of nitrogens with one attached hydrogen (secondary N) is 1. The standard InChI is InChI=1S/C18H15N5O6S/c1-10-5-13(23(25)26)3-4-15(10)21-30(27,28)17-8-14-12(9-20-22-19)7-18(24)29-16(14)6-11(17)2/h3-8,21H,9H2,1-2H3. The van der Waals surface area contributed by atoms with Crippen molar-refractivity contribution in [3.63, 3.8) is 0 Å². The number of rotatable bonds is 6. The van der Waals surface area contributed by atoms with Crippen molar-refractivity contribution in [3.05, 3.63) is 84.1 Å². The quantitative estimate of drug-likeness (QED) is 0.155. The first-order valence-corrected chi connectivity index (χ1v) is 9.97. The van der Waals surface area contributed by atoms with Crippen molar-refractivity contribution in [1.29, 1.82) is 0 Å². The van der Waals surface area contributed by atoms with E-state index in [1.54, 1.807) is 6.92 Å². The molecule has 1 N–H and O–H groups in total. The molecule has 12 heteroatoms. The molecule has 0 aliphatic heterocycles. The fourth-order valence-electron chi connectivity index (χ4n) is 2.96. The normalized spacial score (nSPS) is 11.1. The van der Waals surface area contributed by atoms with Gasteiger partial charge in [0.2, 0.25) is 0 Å². The van der Waals surface area contributed by atoms with Crippen LogP contribution in [0.15, 0.2) is 55.6 Å². The SMILES string of the molecule is Cc1cc([N+](=O)[O-])ccc1NS(=O)(=O)c1cc2c(CN=[N+]=[N-])cc(=O)oc2cc1C. The Morgan fingerprint density at radius 3 is 2.57 bits per heavy atom. The molecule has 3 aromatic rings. The van der Waals surface area contributed by atoms with E-state index in [1.807, 2.05) is 0 Å². The molecular formula is C18H15N5O6S. The molecule has 2 aromatic carbocycles. The van der Waals surface area contributed by atoms with Gasteiger partial charge in [-0.3, -0.25) is 14.8 Å². The molecule has 0 unspecified atom stereocenters. The van der Waals surface area contributed by atoms with Crippen molar-refractivity contribution in [2.75, 3.05) is 4.72 Å². The molecule has 0 saturated heterocycles. The van der Waals surface area contributed by atoms with Crippen LogP contribution in [0, 0.1) is 24.0 Å². The molecule has 0 spiro atoms. The number of aryl methyl sites for hydroxylation is 2. The van der Waals surface area contributed by atoms with E-state index in [9.17, 15) is 23.3 Å². The van der Waals surface area contributed by atoms with Crippen molar-refractivity contribution in [2.45, 2.75) is 25.3 Å². The molecule has 0 aliphatic carbocycles. The van der Waals surface area contributed by atoms with Gasteiger partial charge in [-0.25, -0.2) is 13.2 Å². The molecule has 0 radical (unpaired) electrons. The number of azide groups is 1. The maximum absolute atomic E-state index is 13.0. The third kappa shape index (κ3) is 4.09. The predicted molar refractivity (Wildman–Crippen MR) is 109 cm³/mol. The van der Waals surface area contributed by atoms with Crippen LogP contribution in [0.4, 0.5) is 11.4 Å². The average Bonchev–Trinajstić information content (AvgIpc) is 2.66. The molecule has 0 aliphatic rings. The van der Waals surface area contributed by atoms with Gasteiger partial charge in [-0.1, -0.05) is 5.11 Å². The molecule has 0 bridgehead atoms. The summed E-state index contributed by atoms with van der Waals surface area (Å²) < 4.78 is 33.6. The van der Waals surface area contributed by atoms with Gasteiger partial charge in [0.15, 0.2) is 0 Å². The summed E-state index contributed by atoms with van der Waals surface area (Å²) >= 11 is 0. The second kappa shape index (κ2) is 7.85. The van der Waals surface area contributed by atoms with Crippen LogP contribution in [0.5, 0.6) is 0 Å². The third-order valence-electron chi connectivity index (χ3n) is 4.38. The van der Waals surface area contributed by atoms with Crippen LogP contribution in [-0.4, -0.2) is 13.3 Å². The molecule has 11 nitrogen and oxygen atoms in total. The van der Waals surface area contributed by atoms with Crippen molar-refractivity contribution >= 4 is 32.4 Å². The Kier molecular flexibility index (Phi) is 5.45. The molecule has 1 aromatic heterocycles. The minimum absolute atomic E-state index is 0.0798. The van der Waals surface area contributed by atoms with Crippen LogP contribution >= 0.6 is 0 Å². The highest BCUT2D eigenvalue weighted by Crippen LogP contribution is 2.29. The van der Waals surface area contributed by atoms with Crippen molar-refractivity contribution in [1.82, 2.24) is 0 Å². The van der Waals surface area contributed by atoms with Crippen LogP contribution in [0.1, 0.15) is 16.7 Å². The van der Waals surface area contributed by atoms with Gasteiger partial charge in [0.05, 0.1) is 22.1 Å². The fourth-order valence-corrected chi connectivity index (χ4v) is 4.34. The van der Waals surface area contributed by atoms with Gasteiger partial charge in [-0.15, -0.1) is 0 Å². The van der Waals surface area contributed by atoms with Crippen LogP contribution in [-0.2, 0) is 16.6 Å². The lowest BCUT2D eigenvalue weighted by molar-refractivity contribution is -0.384. The van der Waals surface area contributed by atoms with E-state index >= 15 is 0 Å². The molecule has 154 valence electrons. The van der Waals surface area contributed by atoms with Gasteiger partial charge < -0.3 is 4.42 Å². The number of nitrogens with zero attached hydrogens (tertiary/aromatic N) is 4. The average molecular weight is 429 g/mol. The van der Waals surface area contributed by atoms with E-state index in [0.717, 1.165) is 6.07 Å². The van der Waals surface area contributed by atoms with Crippen LogP contribution < -0.4 is 10.3 Å². The number of nitro groups is 1. The lowest BCUT2D eigenvalue weighted by Gasteiger charge is -2.13. The van der Waals surface area contributed by atoms with Crippen molar-refractivity contribution in [2.24, 2.45) is 5.11 Å². The summed E-state index contributed by atoms with van der Waals surface area (Å²) in [5.74, 6) is 0. The molecule has 1 heterocycles. The second-order valence-corrected chi connectivity index (χ2v) is 8.11. The van der Waals surface area contributed by atoms with Crippen molar-refractivity contribution < 1.29 is 17.8 Å². The highest BCUT2D eigenvalue weighted by atomic mass is 32.2. The predicted octanol–water partition coefficient (Wildman–Crippen LogP) is 3.93. The number of fused-ring (bicyclic) bond motifs is 1. The number of benzene rings is 2. The largest absolute Gasteiger partial charge is 0.423 e. The number of sulfonamides is 1. The second-order valence-electron chi connectivity index (χ2n) is 6.46. The molecule has 0 fully saturated rings. The van der Waals surface area contributed by atoms with Gasteiger partial charge in [-0.2, -0.15) is 0 Å². The number of hydrogen-bond donors (Lipinski definition) is 1. The van der Waals surface area contributed by atoms with Crippen LogP contribution in [0.25, 0.3) is 21.4 Å². The van der Waals surface area contributed by atoms with E-state index < -0.39 is 20.6 Å². The smallest absolute Gasteiger partial charge is 0.336 e. The topological polar surface area (TPSA) is 168 Å². The van der Waals surface area contributed by atoms with E-state index in [1.165, 1.54) is 37.3 Å². The zero-order valence-corrected chi connectivity index (χ0v) is 16.6. The van der Waals surface area contributed by atoms with E-state index in [-0.39, 0.29) is 28.4 Å². The maximum atomic E-state index is 13.0. The lowest BCUT2D eigenvalue weighted by atomic mass is 10.1. The first-order valence-electron chi connectivity index (χ1n) is 8.48. The number of hydrogen-bond acceptors (Lipinski definition) is 7. The lowest BCUT2D eigenvalue weighted by Crippen LogP contribution is -2.15. The highest BCUT2D eigenvalue weighted by Gasteiger charge is 2.21. The molecule has 30 heavy (non-hydrogen) atoms. The van der Waals surface area contributed by atoms with E-state index in [2.05, 4.69) is 14.7 Å². The third-order valence-corrected chi connectivity index (χ3v) is 5.89. The summed E-state index contributed by atoms with van der Waals surface area (Å²) in [6.07, 6.45) is 0. The molecular weight excluding hydrogens is 414 g/mol. The summed E-state index contributed by atoms with van der Waals surface area (Å²) in [6, 6.07) is 7.65. The Balaban J connectivity index is 2.11. The first-order chi connectivity index (χ1) is 14.1. The Bertz CT molecular complexity index is 1390. The number of non-ortho nitro benzene ring substituents is 1. The minimum atomic E-state index is -4.08. The van der Waals surface area contributed by atoms with Gasteiger partial charge in [0, 0.05) is 28.5 Å². The summed E-state index contributed by atoms with van der Waals surface area (Å²) in [4.78, 5) is 24.6. The molecule has 0 amide bonds. The Morgan fingerprint density at radius 1 is 1.20 bits per heavy atom. The Morgan fingerprint density at radius 2 is 1.93 bits per heavy atom. The zero-order valence-electron chi connectivity index (χ0n) is 15.8. The minimum Gasteiger partial charge on any atom is -0.423 e. The zero-order chi connectivity index (χ0) is 22.1. The van der Waals surface area contributed by atoms with Gasteiger partial charge >= 0.3 is 5.63 Å². The van der Waals surface area contributed by atoms with E-state index in [4.69, 9.17) is 9.95 Å². The fraction of sp³-hybridized carbons (Fsp3) is 0.167. The van der Waals surface area contributed by atoms with Crippen molar-refractivity contribution in [3.8, 4) is 0 Å². The maximum Gasteiger partial charge on any atom is 0.336 e. The molecule has 0 atom stereocenters.